The summed E-state index contributed by atoms with van der Waals surface area (Å²) in [7, 11) is -2.11. The first-order valence-electron chi connectivity index (χ1n) is 9.43. The van der Waals surface area contributed by atoms with E-state index >= 15 is 0 Å². The third-order valence-electron chi connectivity index (χ3n) is 5.08. The van der Waals surface area contributed by atoms with Crippen LogP contribution in [0.25, 0.3) is 11.1 Å². The maximum Gasteiger partial charge on any atom is 0.409 e. The number of likely N-dealkylation sites (tertiary alicyclic amines) is 1. The van der Waals surface area contributed by atoms with Gasteiger partial charge in [0.2, 0.25) is 10.0 Å². The lowest BCUT2D eigenvalue weighted by Crippen LogP contribution is -2.57. The fourth-order valence-electron chi connectivity index (χ4n) is 3.85. The molecule has 2 aromatic carbocycles. The molecule has 2 aromatic rings. The standard InChI is InChI=1S/C21H25FN2O4S/c1-28-21(25)24-11-5-10-19(23-29(2,26)27)20(24)13-15-6-3-7-16(12-15)17-8-4-9-18(22)14-17/h3-4,6-9,12,14,19-20,23H,5,10-11,13H2,1-2H3/t19-,20-/m1/s1. The third kappa shape index (κ3) is 5.55. The van der Waals surface area contributed by atoms with Crippen LogP contribution in [0.15, 0.2) is 48.5 Å². The Labute approximate surface area is 170 Å². The molecule has 1 N–H and O–H groups in total. The number of nitrogens with zero attached hydrogens (tertiary/aromatic N) is 1. The Hall–Kier alpha value is -2.45. The fourth-order valence-corrected chi connectivity index (χ4v) is 4.68. The second kappa shape index (κ2) is 8.92. The number of methoxy groups -OCH3 is 1. The van der Waals surface area contributed by atoms with Gasteiger partial charge in [-0.1, -0.05) is 36.4 Å². The van der Waals surface area contributed by atoms with Crippen molar-refractivity contribution in [2.45, 2.75) is 31.3 Å². The molecule has 0 aromatic heterocycles. The van der Waals surface area contributed by atoms with Crippen LogP contribution in [0.2, 0.25) is 0 Å². The Morgan fingerprint density at radius 3 is 2.55 bits per heavy atom. The zero-order valence-electron chi connectivity index (χ0n) is 16.5. The number of nitrogens with one attached hydrogen (secondary N) is 1. The molecule has 1 amide bonds. The van der Waals surface area contributed by atoms with Crippen LogP contribution in [0.1, 0.15) is 18.4 Å². The minimum absolute atomic E-state index is 0.311. The van der Waals surface area contributed by atoms with Gasteiger partial charge in [-0.25, -0.2) is 22.3 Å². The maximum atomic E-state index is 13.6. The predicted octanol–water partition coefficient (Wildman–Crippen LogP) is 3.18. The maximum absolute atomic E-state index is 13.6. The molecule has 29 heavy (non-hydrogen) atoms. The van der Waals surface area contributed by atoms with Crippen LogP contribution in [-0.4, -0.2) is 51.4 Å². The molecular weight excluding hydrogens is 395 g/mol. The summed E-state index contributed by atoms with van der Waals surface area (Å²) in [5, 5.41) is 0. The topological polar surface area (TPSA) is 75.7 Å². The lowest BCUT2D eigenvalue weighted by Gasteiger charge is -2.40. The van der Waals surface area contributed by atoms with Crippen molar-refractivity contribution >= 4 is 16.1 Å². The van der Waals surface area contributed by atoms with Crippen molar-refractivity contribution in [3.8, 4) is 11.1 Å². The number of piperidine rings is 1. The molecule has 1 saturated heterocycles. The van der Waals surface area contributed by atoms with Crippen molar-refractivity contribution in [2.75, 3.05) is 19.9 Å². The van der Waals surface area contributed by atoms with E-state index in [0.29, 0.717) is 25.8 Å². The molecule has 8 heteroatoms. The highest BCUT2D eigenvalue weighted by Gasteiger charge is 2.36. The predicted molar refractivity (Wildman–Crippen MR) is 109 cm³/mol. The third-order valence-corrected chi connectivity index (χ3v) is 5.81. The normalized spacial score (nSPS) is 19.8. The zero-order chi connectivity index (χ0) is 21.0. The molecule has 1 heterocycles. The molecule has 0 radical (unpaired) electrons. The number of benzene rings is 2. The first-order chi connectivity index (χ1) is 13.8. The van der Waals surface area contributed by atoms with Gasteiger partial charge in [0.25, 0.3) is 0 Å². The molecule has 0 unspecified atom stereocenters. The molecule has 0 spiro atoms. The van der Waals surface area contributed by atoms with Crippen LogP contribution in [-0.2, 0) is 21.2 Å². The average molecular weight is 421 g/mol. The van der Waals surface area contributed by atoms with Crippen LogP contribution in [0, 0.1) is 5.82 Å². The Morgan fingerprint density at radius 2 is 1.90 bits per heavy atom. The zero-order valence-corrected chi connectivity index (χ0v) is 17.3. The number of carbonyl (C=O) groups is 1. The van der Waals surface area contributed by atoms with Crippen molar-refractivity contribution in [3.05, 3.63) is 59.9 Å². The Morgan fingerprint density at radius 1 is 1.21 bits per heavy atom. The summed E-state index contributed by atoms with van der Waals surface area (Å²) in [4.78, 5) is 13.9. The largest absolute Gasteiger partial charge is 0.453 e. The van der Waals surface area contributed by atoms with Crippen LogP contribution in [0.3, 0.4) is 0 Å². The van der Waals surface area contributed by atoms with Crippen molar-refractivity contribution in [1.29, 1.82) is 0 Å². The number of carbonyl (C=O) groups excluding carboxylic acids is 1. The van der Waals surface area contributed by atoms with E-state index < -0.39 is 22.2 Å². The molecule has 1 aliphatic heterocycles. The summed E-state index contributed by atoms with van der Waals surface area (Å²) in [5.41, 5.74) is 2.54. The average Bonchev–Trinajstić information content (AvgIpc) is 2.68. The van der Waals surface area contributed by atoms with Crippen molar-refractivity contribution in [3.63, 3.8) is 0 Å². The first-order valence-corrected chi connectivity index (χ1v) is 11.3. The summed E-state index contributed by atoms with van der Waals surface area (Å²) in [5.74, 6) is -0.311. The fraction of sp³-hybridized carbons (Fsp3) is 0.381. The van der Waals surface area contributed by atoms with Gasteiger partial charge in [0.05, 0.1) is 19.4 Å². The van der Waals surface area contributed by atoms with Crippen LogP contribution in [0.4, 0.5) is 9.18 Å². The van der Waals surface area contributed by atoms with Gasteiger partial charge in [-0.15, -0.1) is 0 Å². The van der Waals surface area contributed by atoms with E-state index in [1.54, 1.807) is 11.0 Å². The number of hydrogen-bond acceptors (Lipinski definition) is 4. The van der Waals surface area contributed by atoms with Gasteiger partial charge in [-0.2, -0.15) is 0 Å². The molecular formula is C21H25FN2O4S. The van der Waals surface area contributed by atoms with Crippen LogP contribution < -0.4 is 4.72 Å². The highest BCUT2D eigenvalue weighted by Crippen LogP contribution is 2.26. The van der Waals surface area contributed by atoms with E-state index in [1.165, 1.54) is 19.2 Å². The molecule has 1 aliphatic rings. The first kappa shape index (κ1) is 21.3. The quantitative estimate of drug-likeness (QED) is 0.806. The minimum atomic E-state index is -3.43. The van der Waals surface area contributed by atoms with Gasteiger partial charge in [0.1, 0.15) is 5.82 Å². The molecule has 1 fully saturated rings. The molecule has 6 nitrogen and oxygen atoms in total. The lowest BCUT2D eigenvalue weighted by molar-refractivity contribution is 0.0792. The summed E-state index contributed by atoms with van der Waals surface area (Å²) in [6.45, 7) is 0.503. The van der Waals surface area contributed by atoms with Crippen molar-refractivity contribution in [2.24, 2.45) is 0 Å². The molecule has 156 valence electrons. The van der Waals surface area contributed by atoms with Gasteiger partial charge in [0, 0.05) is 12.6 Å². The van der Waals surface area contributed by atoms with Gasteiger partial charge in [-0.05, 0) is 48.1 Å². The summed E-state index contributed by atoms with van der Waals surface area (Å²) in [6, 6.07) is 13.2. The number of sulfonamides is 1. The number of amides is 1. The Balaban J connectivity index is 1.90. The SMILES string of the molecule is COC(=O)N1CCC[C@@H](NS(C)(=O)=O)[C@H]1Cc1cccc(-c2cccc(F)c2)c1. The Bertz CT molecular complexity index is 980. The van der Waals surface area contributed by atoms with Crippen molar-refractivity contribution < 1.29 is 22.3 Å². The molecule has 0 bridgehead atoms. The molecule has 3 rings (SSSR count). The van der Waals surface area contributed by atoms with E-state index in [1.807, 2.05) is 30.3 Å². The van der Waals surface area contributed by atoms with E-state index in [0.717, 1.165) is 22.9 Å². The number of rotatable bonds is 5. The van der Waals surface area contributed by atoms with Gasteiger partial charge in [0.15, 0.2) is 0 Å². The second-order valence-corrected chi connectivity index (χ2v) is 9.06. The molecule has 2 atom stereocenters. The van der Waals surface area contributed by atoms with E-state index in [9.17, 15) is 17.6 Å². The molecule has 0 saturated carbocycles. The number of halogens is 1. The minimum Gasteiger partial charge on any atom is -0.453 e. The van der Waals surface area contributed by atoms with Crippen LogP contribution >= 0.6 is 0 Å². The van der Waals surface area contributed by atoms with Gasteiger partial charge in [-0.3, -0.25) is 0 Å². The summed E-state index contributed by atoms with van der Waals surface area (Å²) in [6.07, 6.45) is 2.41. The highest BCUT2D eigenvalue weighted by atomic mass is 32.2. The Kier molecular flexibility index (Phi) is 6.54. The molecule has 0 aliphatic carbocycles. The monoisotopic (exact) mass is 420 g/mol. The second-order valence-electron chi connectivity index (χ2n) is 7.28. The van der Waals surface area contributed by atoms with Crippen LogP contribution in [0.5, 0.6) is 0 Å². The lowest BCUT2D eigenvalue weighted by atomic mass is 9.90. The van der Waals surface area contributed by atoms with E-state index in [4.69, 9.17) is 4.74 Å². The smallest absolute Gasteiger partial charge is 0.409 e. The van der Waals surface area contributed by atoms with Gasteiger partial charge < -0.3 is 9.64 Å². The van der Waals surface area contributed by atoms with Crippen molar-refractivity contribution in [1.82, 2.24) is 9.62 Å². The van der Waals surface area contributed by atoms with Gasteiger partial charge >= 0.3 is 6.09 Å². The van der Waals surface area contributed by atoms with E-state index in [2.05, 4.69) is 4.72 Å². The number of hydrogen-bond donors (Lipinski definition) is 1. The highest BCUT2D eigenvalue weighted by molar-refractivity contribution is 7.88. The number of ether oxygens (including phenoxy) is 1. The summed E-state index contributed by atoms with van der Waals surface area (Å²) < 4.78 is 44.8. The van der Waals surface area contributed by atoms with E-state index in [-0.39, 0.29) is 11.9 Å². The summed E-state index contributed by atoms with van der Waals surface area (Å²) >= 11 is 0.